The van der Waals surface area contributed by atoms with Crippen LogP contribution in [0.1, 0.15) is 29.5 Å². The van der Waals surface area contributed by atoms with Crippen LogP contribution >= 0.6 is 11.3 Å². The number of aryl methyl sites for hydroxylation is 1. The summed E-state index contributed by atoms with van der Waals surface area (Å²) in [4.78, 5) is 14.1. The van der Waals surface area contributed by atoms with Gasteiger partial charge in [-0.1, -0.05) is 0 Å². The van der Waals surface area contributed by atoms with Crippen LogP contribution in [0.4, 0.5) is 13.2 Å². The number of halogens is 3. The fourth-order valence-corrected chi connectivity index (χ4v) is 4.97. The molecular weight excluding hydrogens is 445 g/mol. The fourth-order valence-electron chi connectivity index (χ4n) is 3.35. The standard InChI is InChI=1S/C16H26N2O3S2.C2HF3O2/c1-3-23(19,20)17-8-14-6-7-16(21-10-14)11-18(12-16)9-15-5-4-13(2)22-15;3-2(4,5)1(6)7/h4-5,14,17H,3,6-12H2,1-2H3;(H,6,7). The molecule has 3 rings (SSSR count). The van der Waals surface area contributed by atoms with E-state index in [2.05, 4.69) is 28.7 Å². The van der Waals surface area contributed by atoms with Crippen molar-refractivity contribution >= 4 is 27.3 Å². The topological polar surface area (TPSA) is 95.9 Å². The predicted octanol–water partition coefficient (Wildman–Crippen LogP) is 2.61. The normalized spacial score (nSPS) is 21.6. The van der Waals surface area contributed by atoms with Gasteiger partial charge in [0, 0.05) is 35.9 Å². The minimum atomic E-state index is -5.08. The van der Waals surface area contributed by atoms with Crippen LogP contribution in [0, 0.1) is 12.8 Å². The number of hydrogen-bond acceptors (Lipinski definition) is 6. The number of carboxylic acid groups (broad SMARTS) is 1. The molecule has 0 amide bonds. The number of likely N-dealkylation sites (tertiary alicyclic amines) is 1. The smallest absolute Gasteiger partial charge is 0.475 e. The van der Waals surface area contributed by atoms with Gasteiger partial charge in [0.1, 0.15) is 0 Å². The zero-order chi connectivity index (χ0) is 22.6. The second kappa shape index (κ2) is 9.94. The molecule has 0 saturated carbocycles. The molecule has 7 nitrogen and oxygen atoms in total. The van der Waals surface area contributed by atoms with Crippen molar-refractivity contribution < 1.29 is 36.2 Å². The molecule has 0 aliphatic carbocycles. The molecule has 1 aromatic heterocycles. The van der Waals surface area contributed by atoms with E-state index in [1.165, 1.54) is 9.75 Å². The third-order valence-corrected chi connectivity index (χ3v) is 7.40. The van der Waals surface area contributed by atoms with E-state index in [9.17, 15) is 21.6 Å². The summed E-state index contributed by atoms with van der Waals surface area (Å²) in [6, 6.07) is 4.39. The summed E-state index contributed by atoms with van der Waals surface area (Å²) in [5.74, 6) is -2.31. The average Bonchev–Trinajstić information content (AvgIpc) is 3.04. The molecule has 30 heavy (non-hydrogen) atoms. The number of thiophene rings is 1. The SMILES string of the molecule is CCS(=O)(=O)NCC1CCC2(CN(Cc3ccc(C)s3)C2)OC1.O=C(O)C(F)(F)F. The molecule has 2 fully saturated rings. The molecule has 2 N–H and O–H groups in total. The van der Waals surface area contributed by atoms with Gasteiger partial charge >= 0.3 is 12.1 Å². The van der Waals surface area contributed by atoms with E-state index in [0.29, 0.717) is 19.1 Å². The highest BCUT2D eigenvalue weighted by Crippen LogP contribution is 2.37. The first-order valence-corrected chi connectivity index (χ1v) is 12.0. The molecule has 172 valence electrons. The zero-order valence-corrected chi connectivity index (χ0v) is 18.5. The number of ether oxygens (including phenoxy) is 1. The third kappa shape index (κ3) is 7.49. The summed E-state index contributed by atoms with van der Waals surface area (Å²) in [5.41, 5.74) is 0.0203. The van der Waals surface area contributed by atoms with Gasteiger partial charge in [-0.05, 0) is 44.7 Å². The van der Waals surface area contributed by atoms with Gasteiger partial charge < -0.3 is 9.84 Å². The number of nitrogens with zero attached hydrogens (tertiary/aromatic N) is 1. The van der Waals surface area contributed by atoms with Crippen LogP contribution < -0.4 is 4.72 Å². The first-order valence-electron chi connectivity index (χ1n) is 9.53. The fraction of sp³-hybridized carbons (Fsp3) is 0.722. The second-order valence-electron chi connectivity index (χ2n) is 7.61. The lowest BCUT2D eigenvalue weighted by atomic mass is 9.83. The number of sulfonamides is 1. The molecule has 2 saturated heterocycles. The molecule has 12 heteroatoms. The summed E-state index contributed by atoms with van der Waals surface area (Å²) in [6.45, 7) is 7.98. The number of aliphatic carboxylic acids is 1. The summed E-state index contributed by atoms with van der Waals surface area (Å²) in [6.07, 6.45) is -3.01. The minimum Gasteiger partial charge on any atom is -0.475 e. The monoisotopic (exact) mass is 472 g/mol. The number of carboxylic acids is 1. The number of alkyl halides is 3. The first-order chi connectivity index (χ1) is 13.8. The molecule has 1 aromatic rings. The Balaban J connectivity index is 0.000000396. The molecule has 1 atom stereocenters. The van der Waals surface area contributed by atoms with Crippen molar-refractivity contribution in [2.24, 2.45) is 5.92 Å². The highest BCUT2D eigenvalue weighted by molar-refractivity contribution is 7.89. The molecule has 2 aliphatic heterocycles. The molecule has 0 bridgehead atoms. The molecule has 3 heterocycles. The van der Waals surface area contributed by atoms with E-state index in [1.54, 1.807) is 6.92 Å². The van der Waals surface area contributed by atoms with Crippen LogP contribution in [0.5, 0.6) is 0 Å². The molecule has 2 aliphatic rings. The van der Waals surface area contributed by atoms with Gasteiger partial charge in [-0.2, -0.15) is 13.2 Å². The number of carbonyl (C=O) groups is 1. The predicted molar refractivity (Wildman–Crippen MR) is 107 cm³/mol. The van der Waals surface area contributed by atoms with Crippen molar-refractivity contribution in [1.29, 1.82) is 0 Å². The van der Waals surface area contributed by atoms with E-state index in [0.717, 1.165) is 32.5 Å². The van der Waals surface area contributed by atoms with E-state index in [1.807, 2.05) is 11.3 Å². The summed E-state index contributed by atoms with van der Waals surface area (Å²) < 4.78 is 63.5. The summed E-state index contributed by atoms with van der Waals surface area (Å²) in [5, 5.41) is 7.12. The Morgan fingerprint density at radius 3 is 2.47 bits per heavy atom. The number of nitrogens with one attached hydrogen (secondary N) is 1. The maximum atomic E-state index is 11.5. The Morgan fingerprint density at radius 2 is 2.03 bits per heavy atom. The lowest BCUT2D eigenvalue weighted by Gasteiger charge is -2.52. The summed E-state index contributed by atoms with van der Waals surface area (Å²) >= 11 is 1.86. The highest BCUT2D eigenvalue weighted by Gasteiger charge is 2.46. The Morgan fingerprint density at radius 1 is 1.40 bits per heavy atom. The van der Waals surface area contributed by atoms with Crippen LogP contribution in [-0.4, -0.2) is 68.2 Å². The second-order valence-corrected chi connectivity index (χ2v) is 11.1. The van der Waals surface area contributed by atoms with Gasteiger partial charge in [0.15, 0.2) is 0 Å². The van der Waals surface area contributed by atoms with Crippen LogP contribution in [0.3, 0.4) is 0 Å². The lowest BCUT2D eigenvalue weighted by molar-refractivity contribution is -0.192. The van der Waals surface area contributed by atoms with Crippen LogP contribution in [-0.2, 0) is 26.1 Å². The molecule has 0 radical (unpaired) electrons. The van der Waals surface area contributed by atoms with Gasteiger partial charge in [-0.15, -0.1) is 11.3 Å². The first kappa shape index (κ1) is 25.1. The Hall–Kier alpha value is -1.21. The van der Waals surface area contributed by atoms with E-state index in [-0.39, 0.29) is 11.4 Å². The van der Waals surface area contributed by atoms with E-state index < -0.39 is 22.2 Å². The highest BCUT2D eigenvalue weighted by atomic mass is 32.2. The Kier molecular flexibility index (Phi) is 8.30. The zero-order valence-electron chi connectivity index (χ0n) is 16.9. The van der Waals surface area contributed by atoms with Crippen molar-refractivity contribution in [3.05, 3.63) is 21.9 Å². The average molecular weight is 473 g/mol. The maximum absolute atomic E-state index is 11.5. The molecule has 0 aromatic carbocycles. The van der Waals surface area contributed by atoms with Crippen molar-refractivity contribution in [2.45, 2.75) is 45.0 Å². The molecular formula is C18H27F3N2O5S2. The van der Waals surface area contributed by atoms with Crippen LogP contribution in [0.2, 0.25) is 0 Å². The van der Waals surface area contributed by atoms with Crippen LogP contribution in [0.15, 0.2) is 12.1 Å². The third-order valence-electron chi connectivity index (χ3n) is 5.05. The van der Waals surface area contributed by atoms with Gasteiger partial charge in [0.05, 0.1) is 18.0 Å². The Bertz CT molecular complexity index is 810. The quantitative estimate of drug-likeness (QED) is 0.661. The number of hydrogen-bond donors (Lipinski definition) is 2. The molecule has 1 unspecified atom stereocenters. The van der Waals surface area contributed by atoms with Crippen molar-refractivity contribution in [3.63, 3.8) is 0 Å². The van der Waals surface area contributed by atoms with Crippen molar-refractivity contribution in [1.82, 2.24) is 9.62 Å². The Labute approximate surface area is 178 Å². The van der Waals surface area contributed by atoms with Crippen LogP contribution in [0.25, 0.3) is 0 Å². The van der Waals surface area contributed by atoms with Gasteiger partial charge in [0.2, 0.25) is 10.0 Å². The molecule has 1 spiro atoms. The minimum absolute atomic E-state index is 0.0203. The number of rotatable bonds is 6. The van der Waals surface area contributed by atoms with Crippen molar-refractivity contribution in [3.8, 4) is 0 Å². The van der Waals surface area contributed by atoms with Crippen molar-refractivity contribution in [2.75, 3.05) is 32.0 Å². The van der Waals surface area contributed by atoms with Gasteiger partial charge in [0.25, 0.3) is 0 Å². The largest absolute Gasteiger partial charge is 0.490 e. The maximum Gasteiger partial charge on any atom is 0.490 e. The van der Waals surface area contributed by atoms with Gasteiger partial charge in [-0.3, -0.25) is 4.90 Å². The van der Waals surface area contributed by atoms with Gasteiger partial charge in [-0.25, -0.2) is 17.9 Å². The van der Waals surface area contributed by atoms with E-state index in [4.69, 9.17) is 14.6 Å². The summed E-state index contributed by atoms with van der Waals surface area (Å²) in [7, 11) is -3.09. The lowest BCUT2D eigenvalue weighted by Crippen LogP contribution is -2.64. The van der Waals surface area contributed by atoms with E-state index >= 15 is 0 Å².